The van der Waals surface area contributed by atoms with Crippen LogP contribution in [0.4, 0.5) is 0 Å². The highest BCUT2D eigenvalue weighted by Crippen LogP contribution is 2.31. The van der Waals surface area contributed by atoms with Gasteiger partial charge in [-0.25, -0.2) is 0 Å². The standard InChI is InChI=1S/C15H24N2O/c1-10(2)12-4-6-13(7-5-12)15(17-16)14-8-11(3)18-9-14/h4-7,10-11,14-15,17H,8-9,16H2,1-3H3. The maximum Gasteiger partial charge on any atom is 0.0551 e. The number of nitrogens with one attached hydrogen (secondary N) is 1. The van der Waals surface area contributed by atoms with Gasteiger partial charge in [0.05, 0.1) is 18.8 Å². The Balaban J connectivity index is 2.12. The molecule has 1 aliphatic heterocycles. The van der Waals surface area contributed by atoms with Crippen LogP contribution in [0.25, 0.3) is 0 Å². The zero-order chi connectivity index (χ0) is 13.1. The van der Waals surface area contributed by atoms with Gasteiger partial charge in [-0.05, 0) is 30.4 Å². The maximum absolute atomic E-state index is 5.72. The topological polar surface area (TPSA) is 47.3 Å². The van der Waals surface area contributed by atoms with E-state index < -0.39 is 0 Å². The first kappa shape index (κ1) is 13.5. The minimum atomic E-state index is 0.191. The summed E-state index contributed by atoms with van der Waals surface area (Å²) in [6.45, 7) is 7.33. The van der Waals surface area contributed by atoms with Gasteiger partial charge < -0.3 is 4.74 Å². The molecule has 0 radical (unpaired) electrons. The molecule has 3 heteroatoms. The Morgan fingerprint density at radius 2 is 1.83 bits per heavy atom. The van der Waals surface area contributed by atoms with Gasteiger partial charge in [-0.3, -0.25) is 11.3 Å². The molecule has 0 bridgehead atoms. The number of hydrogen-bond acceptors (Lipinski definition) is 3. The minimum Gasteiger partial charge on any atom is -0.378 e. The zero-order valence-corrected chi connectivity index (χ0v) is 11.5. The van der Waals surface area contributed by atoms with Crippen LogP contribution in [-0.4, -0.2) is 12.7 Å². The summed E-state index contributed by atoms with van der Waals surface area (Å²) in [6, 6.07) is 8.95. The second-order valence-electron chi connectivity index (χ2n) is 5.61. The van der Waals surface area contributed by atoms with E-state index in [0.717, 1.165) is 13.0 Å². The van der Waals surface area contributed by atoms with Gasteiger partial charge in [-0.1, -0.05) is 38.1 Å². The van der Waals surface area contributed by atoms with Crippen LogP contribution in [-0.2, 0) is 4.74 Å². The van der Waals surface area contributed by atoms with E-state index >= 15 is 0 Å². The minimum absolute atomic E-state index is 0.191. The van der Waals surface area contributed by atoms with Crippen LogP contribution in [0.2, 0.25) is 0 Å². The summed E-state index contributed by atoms with van der Waals surface area (Å²) in [7, 11) is 0. The third-order valence-corrected chi connectivity index (χ3v) is 3.84. The Kier molecular flexibility index (Phi) is 4.38. The number of hydrazine groups is 1. The lowest BCUT2D eigenvalue weighted by Gasteiger charge is -2.22. The molecule has 0 saturated carbocycles. The van der Waals surface area contributed by atoms with Crippen molar-refractivity contribution >= 4 is 0 Å². The van der Waals surface area contributed by atoms with Crippen molar-refractivity contribution in [2.75, 3.05) is 6.61 Å². The van der Waals surface area contributed by atoms with E-state index in [9.17, 15) is 0 Å². The first-order chi connectivity index (χ1) is 8.61. The van der Waals surface area contributed by atoms with Crippen molar-refractivity contribution in [2.24, 2.45) is 11.8 Å². The van der Waals surface area contributed by atoms with Crippen molar-refractivity contribution in [2.45, 2.75) is 45.3 Å². The van der Waals surface area contributed by atoms with Crippen molar-refractivity contribution in [3.05, 3.63) is 35.4 Å². The van der Waals surface area contributed by atoms with Gasteiger partial charge in [0.2, 0.25) is 0 Å². The zero-order valence-electron chi connectivity index (χ0n) is 11.5. The van der Waals surface area contributed by atoms with Gasteiger partial charge in [0, 0.05) is 5.92 Å². The molecule has 0 spiro atoms. The normalized spacial score (nSPS) is 25.6. The molecule has 3 N–H and O–H groups in total. The van der Waals surface area contributed by atoms with Crippen LogP contribution in [0.15, 0.2) is 24.3 Å². The first-order valence-corrected chi connectivity index (χ1v) is 6.79. The van der Waals surface area contributed by atoms with Crippen LogP contribution in [0.1, 0.15) is 50.3 Å². The summed E-state index contributed by atoms with van der Waals surface area (Å²) in [4.78, 5) is 0. The highest BCUT2D eigenvalue weighted by Gasteiger charge is 2.29. The van der Waals surface area contributed by atoms with E-state index in [0.29, 0.717) is 17.9 Å². The Morgan fingerprint density at radius 3 is 2.28 bits per heavy atom. The number of benzene rings is 1. The fourth-order valence-corrected chi connectivity index (χ4v) is 2.68. The van der Waals surface area contributed by atoms with Crippen LogP contribution >= 0.6 is 0 Å². The van der Waals surface area contributed by atoms with E-state index in [2.05, 4.69) is 50.5 Å². The molecule has 1 aliphatic rings. The van der Waals surface area contributed by atoms with Crippen molar-refractivity contribution in [3.63, 3.8) is 0 Å². The SMILES string of the molecule is CC1CC(C(NN)c2ccc(C(C)C)cc2)CO1. The summed E-state index contributed by atoms with van der Waals surface area (Å²) >= 11 is 0. The number of nitrogens with two attached hydrogens (primary N) is 1. The predicted molar refractivity (Wildman–Crippen MR) is 74.1 cm³/mol. The Morgan fingerprint density at radius 1 is 1.22 bits per heavy atom. The summed E-state index contributed by atoms with van der Waals surface area (Å²) in [5.41, 5.74) is 5.57. The van der Waals surface area contributed by atoms with E-state index in [1.54, 1.807) is 0 Å². The van der Waals surface area contributed by atoms with Gasteiger partial charge in [0.1, 0.15) is 0 Å². The number of hydrogen-bond donors (Lipinski definition) is 2. The molecule has 0 aliphatic carbocycles. The molecule has 18 heavy (non-hydrogen) atoms. The van der Waals surface area contributed by atoms with E-state index in [1.165, 1.54) is 11.1 Å². The fraction of sp³-hybridized carbons (Fsp3) is 0.600. The second-order valence-corrected chi connectivity index (χ2v) is 5.61. The van der Waals surface area contributed by atoms with Crippen molar-refractivity contribution in [1.82, 2.24) is 5.43 Å². The molecule has 1 heterocycles. The largest absolute Gasteiger partial charge is 0.378 e. The molecular formula is C15H24N2O. The van der Waals surface area contributed by atoms with Gasteiger partial charge in [0.25, 0.3) is 0 Å². The molecule has 0 aromatic heterocycles. The fourth-order valence-electron chi connectivity index (χ4n) is 2.68. The lowest BCUT2D eigenvalue weighted by Crippen LogP contribution is -2.34. The molecule has 1 fully saturated rings. The first-order valence-electron chi connectivity index (χ1n) is 6.79. The molecule has 2 rings (SSSR count). The number of ether oxygens (including phenoxy) is 1. The van der Waals surface area contributed by atoms with Gasteiger partial charge >= 0.3 is 0 Å². The predicted octanol–water partition coefficient (Wildman–Crippen LogP) is 2.74. The Bertz CT molecular complexity index is 375. The quantitative estimate of drug-likeness (QED) is 0.636. The van der Waals surface area contributed by atoms with E-state index in [4.69, 9.17) is 10.6 Å². The van der Waals surface area contributed by atoms with Crippen LogP contribution in [0.3, 0.4) is 0 Å². The molecule has 1 aromatic rings. The second kappa shape index (κ2) is 5.83. The number of rotatable bonds is 4. The molecule has 1 saturated heterocycles. The molecule has 3 unspecified atom stereocenters. The monoisotopic (exact) mass is 248 g/mol. The molecular weight excluding hydrogens is 224 g/mol. The summed E-state index contributed by atoms with van der Waals surface area (Å²) < 4.78 is 5.64. The summed E-state index contributed by atoms with van der Waals surface area (Å²) in [5.74, 6) is 6.76. The smallest absolute Gasteiger partial charge is 0.0551 e. The lowest BCUT2D eigenvalue weighted by atomic mass is 9.90. The van der Waals surface area contributed by atoms with Crippen LogP contribution < -0.4 is 11.3 Å². The Labute approximate surface area is 110 Å². The third kappa shape index (κ3) is 2.91. The lowest BCUT2D eigenvalue weighted by molar-refractivity contribution is 0.117. The van der Waals surface area contributed by atoms with Gasteiger partial charge in [-0.2, -0.15) is 0 Å². The molecule has 1 aromatic carbocycles. The average molecular weight is 248 g/mol. The van der Waals surface area contributed by atoms with Crippen LogP contribution in [0.5, 0.6) is 0 Å². The van der Waals surface area contributed by atoms with E-state index in [-0.39, 0.29) is 6.04 Å². The van der Waals surface area contributed by atoms with Crippen LogP contribution in [0, 0.1) is 5.92 Å². The van der Waals surface area contributed by atoms with Crippen molar-refractivity contribution in [3.8, 4) is 0 Å². The average Bonchev–Trinajstić information content (AvgIpc) is 2.77. The molecule has 0 amide bonds. The van der Waals surface area contributed by atoms with Crippen molar-refractivity contribution in [1.29, 1.82) is 0 Å². The van der Waals surface area contributed by atoms with E-state index in [1.807, 2.05) is 0 Å². The maximum atomic E-state index is 5.72. The third-order valence-electron chi connectivity index (χ3n) is 3.84. The molecule has 3 atom stereocenters. The van der Waals surface area contributed by atoms with Crippen molar-refractivity contribution < 1.29 is 4.74 Å². The highest BCUT2D eigenvalue weighted by molar-refractivity contribution is 5.27. The highest BCUT2D eigenvalue weighted by atomic mass is 16.5. The summed E-state index contributed by atoms with van der Waals surface area (Å²) in [6.07, 6.45) is 1.42. The molecule has 100 valence electrons. The van der Waals surface area contributed by atoms with Gasteiger partial charge in [-0.15, -0.1) is 0 Å². The summed E-state index contributed by atoms with van der Waals surface area (Å²) in [5, 5.41) is 0. The van der Waals surface area contributed by atoms with Gasteiger partial charge in [0.15, 0.2) is 0 Å². The Hall–Kier alpha value is -0.900. The molecule has 3 nitrogen and oxygen atoms in total.